The second kappa shape index (κ2) is 9.86. The van der Waals surface area contributed by atoms with Gasteiger partial charge in [0.15, 0.2) is 5.78 Å². The highest BCUT2D eigenvalue weighted by Crippen LogP contribution is 2.07. The zero-order chi connectivity index (χ0) is 14.0. The van der Waals surface area contributed by atoms with Crippen LogP contribution < -0.4 is 0 Å². The van der Waals surface area contributed by atoms with Gasteiger partial charge in [-0.15, -0.1) is 0 Å². The van der Waals surface area contributed by atoms with Crippen molar-refractivity contribution in [2.45, 2.75) is 52.4 Å². The molecule has 0 spiro atoms. The van der Waals surface area contributed by atoms with Gasteiger partial charge in [0.25, 0.3) is 0 Å². The molecule has 0 rings (SSSR count). The maximum absolute atomic E-state index is 11.8. The summed E-state index contributed by atoms with van der Waals surface area (Å²) in [5.41, 5.74) is 0. The first kappa shape index (κ1) is 16.9. The highest BCUT2D eigenvalue weighted by atomic mass is 16.2. The van der Waals surface area contributed by atoms with Crippen LogP contribution in [-0.4, -0.2) is 30.2 Å². The van der Waals surface area contributed by atoms with E-state index in [9.17, 15) is 9.59 Å². The first-order valence-corrected chi connectivity index (χ1v) is 6.86. The van der Waals surface area contributed by atoms with Crippen molar-refractivity contribution in [2.24, 2.45) is 5.92 Å². The van der Waals surface area contributed by atoms with Gasteiger partial charge in [-0.3, -0.25) is 9.59 Å². The molecular weight excluding hydrogens is 226 g/mol. The highest BCUT2D eigenvalue weighted by molar-refractivity contribution is 5.88. The predicted octanol–water partition coefficient (Wildman–Crippen LogP) is 3.20. The molecule has 0 saturated heterocycles. The second-order valence-corrected chi connectivity index (χ2v) is 5.23. The van der Waals surface area contributed by atoms with E-state index < -0.39 is 0 Å². The van der Waals surface area contributed by atoms with Gasteiger partial charge in [0.1, 0.15) is 0 Å². The van der Waals surface area contributed by atoms with Gasteiger partial charge in [0, 0.05) is 26.4 Å². The van der Waals surface area contributed by atoms with E-state index in [1.165, 1.54) is 6.08 Å². The van der Waals surface area contributed by atoms with Gasteiger partial charge in [-0.25, -0.2) is 0 Å². The zero-order valence-corrected chi connectivity index (χ0v) is 12.1. The van der Waals surface area contributed by atoms with E-state index in [2.05, 4.69) is 20.4 Å². The number of hydrogen-bond acceptors (Lipinski definition) is 2. The molecule has 0 N–H and O–H groups in total. The van der Waals surface area contributed by atoms with Gasteiger partial charge in [-0.2, -0.15) is 0 Å². The third-order valence-corrected chi connectivity index (χ3v) is 3.01. The fraction of sp³-hybridized carbons (Fsp3) is 0.733. The van der Waals surface area contributed by atoms with Crippen molar-refractivity contribution in [3.63, 3.8) is 0 Å². The van der Waals surface area contributed by atoms with Crippen molar-refractivity contribution >= 4 is 11.7 Å². The Balaban J connectivity index is 3.57. The Bertz CT molecular complexity index is 272. The summed E-state index contributed by atoms with van der Waals surface area (Å²) in [4.78, 5) is 24.5. The molecule has 0 aromatic heterocycles. The summed E-state index contributed by atoms with van der Waals surface area (Å²) in [7, 11) is 1.87. The van der Waals surface area contributed by atoms with E-state index in [0.29, 0.717) is 18.8 Å². The number of nitrogens with zero attached hydrogens (tertiary/aromatic N) is 1. The van der Waals surface area contributed by atoms with E-state index in [1.54, 1.807) is 0 Å². The Kier molecular flexibility index (Phi) is 9.25. The van der Waals surface area contributed by atoms with Gasteiger partial charge in [0.05, 0.1) is 0 Å². The van der Waals surface area contributed by atoms with Crippen molar-refractivity contribution < 1.29 is 9.59 Å². The third-order valence-electron chi connectivity index (χ3n) is 3.01. The number of hydrogen-bond donors (Lipinski definition) is 0. The molecule has 3 heteroatoms. The number of rotatable bonds is 10. The molecule has 0 aromatic carbocycles. The highest BCUT2D eigenvalue weighted by Gasteiger charge is 2.08. The van der Waals surface area contributed by atoms with Crippen LogP contribution in [0.2, 0.25) is 0 Å². The molecule has 0 atom stereocenters. The fourth-order valence-corrected chi connectivity index (χ4v) is 1.62. The molecule has 0 heterocycles. The van der Waals surface area contributed by atoms with Gasteiger partial charge < -0.3 is 4.90 Å². The van der Waals surface area contributed by atoms with Crippen LogP contribution in [0.5, 0.6) is 0 Å². The molecule has 0 bridgehead atoms. The Morgan fingerprint density at radius 3 is 2.33 bits per heavy atom. The normalized spacial score (nSPS) is 10.4. The lowest BCUT2D eigenvalue weighted by molar-refractivity contribution is -0.130. The SMILES string of the molecule is C=CC(=O)CCCCCC(=O)N(C)CCC(C)C. The lowest BCUT2D eigenvalue weighted by atomic mass is 10.1. The van der Waals surface area contributed by atoms with Gasteiger partial charge in [-0.1, -0.05) is 26.8 Å². The summed E-state index contributed by atoms with van der Waals surface area (Å²) in [5, 5.41) is 0. The largest absolute Gasteiger partial charge is 0.346 e. The molecule has 104 valence electrons. The number of amides is 1. The van der Waals surface area contributed by atoms with Crippen LogP contribution in [-0.2, 0) is 9.59 Å². The minimum Gasteiger partial charge on any atom is -0.346 e. The van der Waals surface area contributed by atoms with Gasteiger partial charge in [0.2, 0.25) is 5.91 Å². The lowest BCUT2D eigenvalue weighted by Gasteiger charge is -2.18. The fourth-order valence-electron chi connectivity index (χ4n) is 1.62. The third kappa shape index (κ3) is 8.97. The minimum absolute atomic E-state index is 0.0929. The number of carbonyl (C=O) groups excluding carboxylic acids is 2. The maximum atomic E-state index is 11.8. The maximum Gasteiger partial charge on any atom is 0.222 e. The molecule has 0 aliphatic carbocycles. The first-order chi connectivity index (χ1) is 8.47. The minimum atomic E-state index is 0.0929. The average Bonchev–Trinajstić information content (AvgIpc) is 2.34. The zero-order valence-electron chi connectivity index (χ0n) is 12.1. The molecule has 18 heavy (non-hydrogen) atoms. The van der Waals surface area contributed by atoms with Gasteiger partial charge >= 0.3 is 0 Å². The van der Waals surface area contributed by atoms with Crippen molar-refractivity contribution in [1.82, 2.24) is 4.90 Å². The van der Waals surface area contributed by atoms with Crippen LogP contribution in [0.1, 0.15) is 52.4 Å². The van der Waals surface area contributed by atoms with Gasteiger partial charge in [-0.05, 0) is 31.3 Å². The number of carbonyl (C=O) groups is 2. The van der Waals surface area contributed by atoms with Crippen molar-refractivity contribution in [3.8, 4) is 0 Å². The Hall–Kier alpha value is -1.12. The second-order valence-electron chi connectivity index (χ2n) is 5.23. The van der Waals surface area contributed by atoms with Crippen LogP contribution in [0.25, 0.3) is 0 Å². The van der Waals surface area contributed by atoms with E-state index in [1.807, 2.05) is 11.9 Å². The molecule has 1 amide bonds. The smallest absolute Gasteiger partial charge is 0.222 e. The van der Waals surface area contributed by atoms with Crippen LogP contribution in [0.3, 0.4) is 0 Å². The molecule has 3 nitrogen and oxygen atoms in total. The topological polar surface area (TPSA) is 37.4 Å². The van der Waals surface area contributed by atoms with Crippen molar-refractivity contribution in [1.29, 1.82) is 0 Å². The summed E-state index contributed by atoms with van der Waals surface area (Å²) >= 11 is 0. The molecule has 0 radical (unpaired) electrons. The van der Waals surface area contributed by atoms with E-state index >= 15 is 0 Å². The molecule has 0 aromatic rings. The number of unbranched alkanes of at least 4 members (excludes halogenated alkanes) is 2. The van der Waals surface area contributed by atoms with E-state index in [0.717, 1.165) is 32.2 Å². The first-order valence-electron chi connectivity index (χ1n) is 6.86. The van der Waals surface area contributed by atoms with Crippen LogP contribution in [0.4, 0.5) is 0 Å². The lowest BCUT2D eigenvalue weighted by Crippen LogP contribution is -2.28. The Labute approximate surface area is 111 Å². The monoisotopic (exact) mass is 253 g/mol. The molecule has 0 unspecified atom stereocenters. The quantitative estimate of drug-likeness (QED) is 0.443. The molecule has 0 aliphatic rings. The summed E-state index contributed by atoms with van der Waals surface area (Å²) in [6.45, 7) is 8.60. The summed E-state index contributed by atoms with van der Waals surface area (Å²) in [5.74, 6) is 0.936. The Morgan fingerprint density at radius 1 is 1.17 bits per heavy atom. The van der Waals surface area contributed by atoms with Crippen LogP contribution in [0, 0.1) is 5.92 Å². The van der Waals surface area contributed by atoms with Crippen molar-refractivity contribution in [2.75, 3.05) is 13.6 Å². The van der Waals surface area contributed by atoms with Crippen molar-refractivity contribution in [3.05, 3.63) is 12.7 Å². The molecule has 0 saturated carbocycles. The number of allylic oxidation sites excluding steroid dienone is 1. The van der Waals surface area contributed by atoms with Crippen LogP contribution >= 0.6 is 0 Å². The Morgan fingerprint density at radius 2 is 1.78 bits per heavy atom. The molecule has 0 fully saturated rings. The standard InChI is InChI=1S/C15H27NO2/c1-5-14(17)9-7-6-8-10-15(18)16(4)12-11-13(2)3/h5,13H,1,6-12H2,2-4H3. The van der Waals surface area contributed by atoms with Crippen LogP contribution in [0.15, 0.2) is 12.7 Å². The number of ketones is 1. The predicted molar refractivity (Wildman–Crippen MR) is 75.4 cm³/mol. The molecule has 0 aliphatic heterocycles. The van der Waals surface area contributed by atoms with E-state index in [4.69, 9.17) is 0 Å². The summed E-state index contributed by atoms with van der Waals surface area (Å²) in [6.07, 6.45) is 6.23. The molecular formula is C15H27NO2. The average molecular weight is 253 g/mol. The summed E-state index contributed by atoms with van der Waals surface area (Å²) in [6, 6.07) is 0. The summed E-state index contributed by atoms with van der Waals surface area (Å²) < 4.78 is 0. The van der Waals surface area contributed by atoms with E-state index in [-0.39, 0.29) is 11.7 Å².